The van der Waals surface area contributed by atoms with Crippen molar-refractivity contribution in [3.05, 3.63) is 29.3 Å². The Kier molecular flexibility index (Phi) is 4.38. The van der Waals surface area contributed by atoms with Gasteiger partial charge in [-0.1, -0.05) is 17.9 Å². The van der Waals surface area contributed by atoms with Gasteiger partial charge in [0.1, 0.15) is 12.6 Å². The van der Waals surface area contributed by atoms with Gasteiger partial charge in [-0.15, -0.1) is 0 Å². The number of anilines is 1. The standard InChI is InChI=1S/C15H16N2O3/c1-10-4-5-11(3-2-8-18)9-13(10)17-15(20)12-6-7-14(19)16-12/h4-5,9,12,18H,6-8H2,1H3,(H,16,19)(H,17,20). The van der Waals surface area contributed by atoms with Crippen molar-refractivity contribution in [2.75, 3.05) is 11.9 Å². The molecule has 0 bridgehead atoms. The van der Waals surface area contributed by atoms with Crippen LogP contribution in [-0.4, -0.2) is 29.6 Å². The molecule has 1 heterocycles. The number of carbonyl (C=O) groups excluding carboxylic acids is 2. The normalized spacial score (nSPS) is 17.1. The Labute approximate surface area is 117 Å². The van der Waals surface area contributed by atoms with Crippen molar-refractivity contribution in [3.63, 3.8) is 0 Å². The largest absolute Gasteiger partial charge is 0.384 e. The Morgan fingerprint density at radius 3 is 3.00 bits per heavy atom. The van der Waals surface area contributed by atoms with Crippen molar-refractivity contribution in [2.45, 2.75) is 25.8 Å². The first-order chi connectivity index (χ1) is 9.60. The number of hydrogen-bond acceptors (Lipinski definition) is 3. The van der Waals surface area contributed by atoms with E-state index in [2.05, 4.69) is 22.5 Å². The van der Waals surface area contributed by atoms with Gasteiger partial charge in [0.25, 0.3) is 0 Å². The summed E-state index contributed by atoms with van der Waals surface area (Å²) in [5.74, 6) is 5.04. The molecular formula is C15H16N2O3. The average Bonchev–Trinajstić information content (AvgIpc) is 2.86. The van der Waals surface area contributed by atoms with Crippen molar-refractivity contribution in [3.8, 4) is 11.8 Å². The third-order valence-corrected chi connectivity index (χ3v) is 3.12. The highest BCUT2D eigenvalue weighted by Gasteiger charge is 2.27. The fourth-order valence-electron chi connectivity index (χ4n) is 2.01. The van der Waals surface area contributed by atoms with Crippen LogP contribution in [0, 0.1) is 18.8 Å². The van der Waals surface area contributed by atoms with E-state index in [0.29, 0.717) is 18.5 Å². The minimum atomic E-state index is -0.464. The molecule has 1 unspecified atom stereocenters. The van der Waals surface area contributed by atoms with E-state index >= 15 is 0 Å². The van der Waals surface area contributed by atoms with Crippen LogP contribution in [0.4, 0.5) is 5.69 Å². The number of carbonyl (C=O) groups is 2. The molecule has 104 valence electrons. The van der Waals surface area contributed by atoms with E-state index in [9.17, 15) is 9.59 Å². The molecule has 0 aliphatic carbocycles. The molecule has 1 saturated heterocycles. The number of hydrogen-bond donors (Lipinski definition) is 3. The number of aliphatic hydroxyl groups is 1. The number of rotatable bonds is 2. The molecule has 0 spiro atoms. The second-order valence-corrected chi connectivity index (χ2v) is 4.64. The van der Waals surface area contributed by atoms with Crippen molar-refractivity contribution < 1.29 is 14.7 Å². The highest BCUT2D eigenvalue weighted by atomic mass is 16.2. The number of benzene rings is 1. The molecule has 0 aromatic heterocycles. The summed E-state index contributed by atoms with van der Waals surface area (Å²) in [6.45, 7) is 1.68. The summed E-state index contributed by atoms with van der Waals surface area (Å²) >= 11 is 0. The lowest BCUT2D eigenvalue weighted by molar-refractivity contribution is -0.122. The first-order valence-electron chi connectivity index (χ1n) is 6.41. The minimum Gasteiger partial charge on any atom is -0.384 e. The Hall–Kier alpha value is -2.32. The summed E-state index contributed by atoms with van der Waals surface area (Å²) in [5, 5.41) is 14.1. The molecule has 1 aromatic carbocycles. The third-order valence-electron chi connectivity index (χ3n) is 3.12. The SMILES string of the molecule is Cc1ccc(C#CCO)cc1NC(=O)C1CCC(=O)N1. The van der Waals surface area contributed by atoms with Crippen LogP contribution in [0.2, 0.25) is 0 Å². The fourth-order valence-corrected chi connectivity index (χ4v) is 2.01. The van der Waals surface area contributed by atoms with Crippen LogP contribution >= 0.6 is 0 Å². The Balaban J connectivity index is 2.12. The lowest BCUT2D eigenvalue weighted by Crippen LogP contribution is -2.37. The van der Waals surface area contributed by atoms with Crippen LogP contribution in [0.1, 0.15) is 24.0 Å². The summed E-state index contributed by atoms with van der Waals surface area (Å²) in [6.07, 6.45) is 0.910. The molecule has 0 saturated carbocycles. The average molecular weight is 272 g/mol. The predicted octanol–water partition coefficient (Wildman–Crippen LogP) is 0.556. The molecule has 1 aliphatic heterocycles. The van der Waals surface area contributed by atoms with Gasteiger partial charge in [0, 0.05) is 17.7 Å². The van der Waals surface area contributed by atoms with E-state index in [0.717, 1.165) is 11.1 Å². The van der Waals surface area contributed by atoms with Gasteiger partial charge in [-0.25, -0.2) is 0 Å². The Morgan fingerprint density at radius 2 is 2.35 bits per heavy atom. The van der Waals surface area contributed by atoms with E-state index in [-0.39, 0.29) is 18.4 Å². The quantitative estimate of drug-likeness (QED) is 0.688. The lowest BCUT2D eigenvalue weighted by Gasteiger charge is -2.13. The van der Waals surface area contributed by atoms with E-state index in [1.165, 1.54) is 0 Å². The molecule has 1 fully saturated rings. The van der Waals surface area contributed by atoms with Gasteiger partial charge in [0.2, 0.25) is 11.8 Å². The smallest absolute Gasteiger partial charge is 0.246 e. The molecule has 20 heavy (non-hydrogen) atoms. The molecular weight excluding hydrogens is 256 g/mol. The highest BCUT2D eigenvalue weighted by Crippen LogP contribution is 2.18. The molecule has 1 aromatic rings. The van der Waals surface area contributed by atoms with E-state index in [4.69, 9.17) is 5.11 Å². The molecule has 5 heteroatoms. The zero-order valence-corrected chi connectivity index (χ0v) is 11.2. The zero-order chi connectivity index (χ0) is 14.5. The Bertz CT molecular complexity index is 599. The van der Waals surface area contributed by atoms with Crippen LogP contribution in [0.5, 0.6) is 0 Å². The number of aryl methyl sites for hydroxylation is 1. The minimum absolute atomic E-state index is 0.0931. The van der Waals surface area contributed by atoms with Gasteiger partial charge < -0.3 is 15.7 Å². The number of nitrogens with one attached hydrogen (secondary N) is 2. The zero-order valence-electron chi connectivity index (χ0n) is 11.2. The van der Waals surface area contributed by atoms with Crippen LogP contribution in [0.3, 0.4) is 0 Å². The molecule has 5 nitrogen and oxygen atoms in total. The number of amides is 2. The first-order valence-corrected chi connectivity index (χ1v) is 6.41. The maximum Gasteiger partial charge on any atom is 0.246 e. The van der Waals surface area contributed by atoms with Gasteiger partial charge in [-0.05, 0) is 31.0 Å². The summed E-state index contributed by atoms with van der Waals surface area (Å²) in [5.41, 5.74) is 2.30. The Morgan fingerprint density at radius 1 is 1.55 bits per heavy atom. The van der Waals surface area contributed by atoms with E-state index < -0.39 is 6.04 Å². The summed E-state index contributed by atoms with van der Waals surface area (Å²) in [6, 6.07) is 4.97. The van der Waals surface area contributed by atoms with Crippen LogP contribution in [0.15, 0.2) is 18.2 Å². The summed E-state index contributed by atoms with van der Waals surface area (Å²) in [4.78, 5) is 23.2. The molecule has 0 radical (unpaired) electrons. The van der Waals surface area contributed by atoms with Gasteiger partial charge in [0.05, 0.1) is 0 Å². The molecule has 3 N–H and O–H groups in total. The summed E-state index contributed by atoms with van der Waals surface area (Å²) in [7, 11) is 0. The van der Waals surface area contributed by atoms with Crippen molar-refractivity contribution in [1.29, 1.82) is 0 Å². The van der Waals surface area contributed by atoms with Crippen molar-refractivity contribution in [1.82, 2.24) is 5.32 Å². The second-order valence-electron chi connectivity index (χ2n) is 4.64. The maximum atomic E-state index is 12.0. The maximum absolute atomic E-state index is 12.0. The van der Waals surface area contributed by atoms with Crippen LogP contribution < -0.4 is 10.6 Å². The van der Waals surface area contributed by atoms with Crippen LogP contribution in [0.25, 0.3) is 0 Å². The molecule has 2 rings (SSSR count). The van der Waals surface area contributed by atoms with Gasteiger partial charge >= 0.3 is 0 Å². The lowest BCUT2D eigenvalue weighted by atomic mass is 10.1. The molecule has 2 amide bonds. The van der Waals surface area contributed by atoms with Gasteiger partial charge in [-0.3, -0.25) is 9.59 Å². The monoisotopic (exact) mass is 272 g/mol. The highest BCUT2D eigenvalue weighted by molar-refractivity contribution is 5.99. The molecule has 1 aliphatic rings. The van der Waals surface area contributed by atoms with E-state index in [1.807, 2.05) is 19.1 Å². The molecule has 1 atom stereocenters. The third kappa shape index (κ3) is 3.37. The topological polar surface area (TPSA) is 78.4 Å². The van der Waals surface area contributed by atoms with Crippen molar-refractivity contribution >= 4 is 17.5 Å². The van der Waals surface area contributed by atoms with Gasteiger partial charge in [0.15, 0.2) is 0 Å². The van der Waals surface area contributed by atoms with Gasteiger partial charge in [-0.2, -0.15) is 0 Å². The fraction of sp³-hybridized carbons (Fsp3) is 0.333. The number of aliphatic hydroxyl groups excluding tert-OH is 1. The second kappa shape index (κ2) is 6.22. The summed E-state index contributed by atoms with van der Waals surface area (Å²) < 4.78 is 0. The van der Waals surface area contributed by atoms with Crippen molar-refractivity contribution in [2.24, 2.45) is 0 Å². The van der Waals surface area contributed by atoms with E-state index in [1.54, 1.807) is 6.07 Å². The predicted molar refractivity (Wildman–Crippen MR) is 74.9 cm³/mol. The first kappa shape index (κ1) is 14.1. The van der Waals surface area contributed by atoms with Crippen LogP contribution in [-0.2, 0) is 9.59 Å².